The van der Waals surface area contributed by atoms with E-state index in [1.807, 2.05) is 11.3 Å². The number of benzene rings is 9. The van der Waals surface area contributed by atoms with Crippen molar-refractivity contribution in [2.75, 3.05) is 4.90 Å². The van der Waals surface area contributed by atoms with E-state index in [2.05, 4.69) is 217 Å². The Kier molecular flexibility index (Phi) is 8.09. The Morgan fingerprint density at radius 1 is 0.315 bits per heavy atom. The van der Waals surface area contributed by atoms with Crippen LogP contribution in [0.5, 0.6) is 0 Å². The van der Waals surface area contributed by atoms with Crippen LogP contribution in [-0.2, 0) is 0 Å². The van der Waals surface area contributed by atoms with Crippen molar-refractivity contribution >= 4 is 59.3 Å². The van der Waals surface area contributed by atoms with Gasteiger partial charge < -0.3 is 4.90 Å². The molecule has 1 aromatic heterocycles. The van der Waals surface area contributed by atoms with Crippen molar-refractivity contribution < 1.29 is 0 Å². The first-order chi connectivity index (χ1) is 26.8. The Morgan fingerprint density at radius 2 is 0.889 bits per heavy atom. The standard InChI is InChI=1S/C52H35NS/c1-2-15-36(16-3-1)37-31-33-40(34-32-37)53(50-29-10-8-24-46(50)48-27-14-28-49-47-25-9-11-30-51(47)54-52(48)49)41-20-12-19-39(35-41)43-22-6-7-23-44(43)45-26-13-18-38-17-4-5-21-42(38)45/h1-35H. The molecule has 10 rings (SSSR count). The summed E-state index contributed by atoms with van der Waals surface area (Å²) >= 11 is 1.88. The van der Waals surface area contributed by atoms with Gasteiger partial charge in [0.25, 0.3) is 0 Å². The van der Waals surface area contributed by atoms with E-state index < -0.39 is 0 Å². The van der Waals surface area contributed by atoms with Crippen LogP contribution < -0.4 is 4.90 Å². The molecule has 0 bridgehead atoms. The van der Waals surface area contributed by atoms with Gasteiger partial charge in [0.2, 0.25) is 0 Å². The summed E-state index contributed by atoms with van der Waals surface area (Å²) in [7, 11) is 0. The van der Waals surface area contributed by atoms with Crippen LogP contribution in [0.3, 0.4) is 0 Å². The number of thiophene rings is 1. The first kappa shape index (κ1) is 32.0. The number of rotatable bonds is 7. The number of anilines is 3. The summed E-state index contributed by atoms with van der Waals surface area (Å²) in [5, 5.41) is 5.11. The second-order valence-electron chi connectivity index (χ2n) is 13.7. The highest BCUT2D eigenvalue weighted by atomic mass is 32.1. The van der Waals surface area contributed by atoms with Gasteiger partial charge in [-0.3, -0.25) is 0 Å². The largest absolute Gasteiger partial charge is 0.310 e. The van der Waals surface area contributed by atoms with Gasteiger partial charge in [-0.1, -0.05) is 176 Å². The van der Waals surface area contributed by atoms with Crippen LogP contribution in [0.1, 0.15) is 0 Å². The van der Waals surface area contributed by atoms with E-state index in [9.17, 15) is 0 Å². The van der Waals surface area contributed by atoms with Crippen molar-refractivity contribution in [3.05, 3.63) is 212 Å². The van der Waals surface area contributed by atoms with E-state index in [-0.39, 0.29) is 0 Å². The number of fused-ring (bicyclic) bond motifs is 4. The highest BCUT2D eigenvalue weighted by molar-refractivity contribution is 7.26. The van der Waals surface area contributed by atoms with Crippen molar-refractivity contribution in [3.8, 4) is 44.5 Å². The van der Waals surface area contributed by atoms with Crippen LogP contribution >= 0.6 is 11.3 Å². The van der Waals surface area contributed by atoms with Crippen LogP contribution in [-0.4, -0.2) is 0 Å². The van der Waals surface area contributed by atoms with Crippen molar-refractivity contribution in [1.29, 1.82) is 0 Å². The Labute approximate surface area is 319 Å². The van der Waals surface area contributed by atoms with E-state index in [0.717, 1.165) is 17.1 Å². The Hall–Kier alpha value is -6.74. The molecular formula is C52H35NS. The van der Waals surface area contributed by atoms with Gasteiger partial charge in [-0.2, -0.15) is 0 Å². The van der Waals surface area contributed by atoms with Gasteiger partial charge in [-0.15, -0.1) is 11.3 Å². The molecule has 0 aliphatic heterocycles. The summed E-state index contributed by atoms with van der Waals surface area (Å²) in [6.45, 7) is 0. The predicted molar refractivity (Wildman–Crippen MR) is 233 cm³/mol. The van der Waals surface area contributed by atoms with Crippen LogP contribution in [0.2, 0.25) is 0 Å². The minimum absolute atomic E-state index is 1.10. The highest BCUT2D eigenvalue weighted by Gasteiger charge is 2.21. The van der Waals surface area contributed by atoms with E-state index in [0.29, 0.717) is 0 Å². The maximum absolute atomic E-state index is 2.43. The van der Waals surface area contributed by atoms with Crippen LogP contribution in [0.4, 0.5) is 17.1 Å². The summed E-state index contributed by atoms with van der Waals surface area (Å²) in [4.78, 5) is 2.43. The fourth-order valence-electron chi connectivity index (χ4n) is 7.96. The lowest BCUT2D eigenvalue weighted by molar-refractivity contribution is 1.28. The Balaban J connectivity index is 1.17. The third-order valence-electron chi connectivity index (χ3n) is 10.5. The van der Waals surface area contributed by atoms with E-state index in [4.69, 9.17) is 0 Å². The highest BCUT2D eigenvalue weighted by Crippen LogP contribution is 2.47. The minimum Gasteiger partial charge on any atom is -0.310 e. The van der Waals surface area contributed by atoms with Crippen molar-refractivity contribution in [1.82, 2.24) is 0 Å². The lowest BCUT2D eigenvalue weighted by atomic mass is 9.91. The lowest BCUT2D eigenvalue weighted by Gasteiger charge is -2.29. The fourth-order valence-corrected chi connectivity index (χ4v) is 9.19. The molecule has 254 valence electrons. The molecule has 0 unspecified atom stereocenters. The summed E-state index contributed by atoms with van der Waals surface area (Å²) in [5.41, 5.74) is 13.0. The molecule has 0 amide bonds. The van der Waals surface area contributed by atoms with Crippen molar-refractivity contribution in [2.24, 2.45) is 0 Å². The average Bonchev–Trinajstić information content (AvgIpc) is 3.64. The minimum atomic E-state index is 1.10. The third-order valence-corrected chi connectivity index (χ3v) is 11.7. The normalized spacial score (nSPS) is 11.3. The van der Waals surface area contributed by atoms with E-state index >= 15 is 0 Å². The van der Waals surface area contributed by atoms with Crippen molar-refractivity contribution in [3.63, 3.8) is 0 Å². The topological polar surface area (TPSA) is 3.24 Å². The second kappa shape index (κ2) is 13.7. The van der Waals surface area contributed by atoms with E-state index in [1.54, 1.807) is 0 Å². The molecule has 0 saturated carbocycles. The van der Waals surface area contributed by atoms with E-state index in [1.165, 1.54) is 75.5 Å². The van der Waals surface area contributed by atoms with Gasteiger partial charge >= 0.3 is 0 Å². The maximum Gasteiger partial charge on any atom is 0.0540 e. The number of nitrogens with zero attached hydrogens (tertiary/aromatic N) is 1. The molecule has 1 heterocycles. The van der Waals surface area contributed by atoms with Gasteiger partial charge in [0, 0.05) is 42.7 Å². The molecule has 9 aromatic carbocycles. The van der Waals surface area contributed by atoms with Crippen LogP contribution in [0, 0.1) is 0 Å². The smallest absolute Gasteiger partial charge is 0.0540 e. The molecule has 0 aliphatic carbocycles. The van der Waals surface area contributed by atoms with Crippen molar-refractivity contribution in [2.45, 2.75) is 0 Å². The molecule has 10 aromatic rings. The zero-order valence-corrected chi connectivity index (χ0v) is 30.4. The van der Waals surface area contributed by atoms with Crippen LogP contribution in [0.25, 0.3) is 75.5 Å². The molecule has 0 radical (unpaired) electrons. The maximum atomic E-state index is 2.43. The zero-order valence-electron chi connectivity index (χ0n) is 29.6. The monoisotopic (exact) mass is 705 g/mol. The molecule has 0 saturated heterocycles. The van der Waals surface area contributed by atoms with Gasteiger partial charge in [-0.05, 0) is 80.6 Å². The molecule has 0 atom stereocenters. The van der Waals surface area contributed by atoms with Gasteiger partial charge in [0.15, 0.2) is 0 Å². The molecule has 0 N–H and O–H groups in total. The molecule has 0 spiro atoms. The summed E-state index contributed by atoms with van der Waals surface area (Å²) in [6, 6.07) is 77.1. The molecular weight excluding hydrogens is 671 g/mol. The molecule has 1 nitrogen and oxygen atoms in total. The fraction of sp³-hybridized carbons (Fsp3) is 0. The summed E-state index contributed by atoms with van der Waals surface area (Å²) < 4.78 is 2.62. The second-order valence-corrected chi connectivity index (χ2v) is 14.7. The number of hydrogen-bond donors (Lipinski definition) is 0. The van der Waals surface area contributed by atoms with Gasteiger partial charge in [0.1, 0.15) is 0 Å². The van der Waals surface area contributed by atoms with Crippen LogP contribution in [0.15, 0.2) is 212 Å². The number of hydrogen-bond acceptors (Lipinski definition) is 2. The SMILES string of the molecule is c1ccc(-c2ccc(N(c3cccc(-c4ccccc4-c4cccc5ccccc45)c3)c3ccccc3-c3cccc4c3sc3ccccc34)cc2)cc1. The van der Waals surface area contributed by atoms with Gasteiger partial charge in [0.05, 0.1) is 5.69 Å². The molecule has 54 heavy (non-hydrogen) atoms. The Morgan fingerprint density at radius 3 is 1.76 bits per heavy atom. The summed E-state index contributed by atoms with van der Waals surface area (Å²) in [5.74, 6) is 0. The third kappa shape index (κ3) is 5.65. The predicted octanol–water partition coefficient (Wildman–Crippen LogP) is 15.3. The first-order valence-electron chi connectivity index (χ1n) is 18.4. The molecule has 0 fully saturated rings. The lowest BCUT2D eigenvalue weighted by Crippen LogP contribution is -2.11. The quantitative estimate of drug-likeness (QED) is 0.160. The molecule has 2 heteroatoms. The molecule has 0 aliphatic rings. The Bertz CT molecular complexity index is 2930. The zero-order chi connectivity index (χ0) is 35.8. The first-order valence-corrected chi connectivity index (χ1v) is 19.2. The van der Waals surface area contributed by atoms with Gasteiger partial charge in [-0.25, -0.2) is 0 Å². The number of para-hydroxylation sites is 1. The summed E-state index contributed by atoms with van der Waals surface area (Å²) in [6.07, 6.45) is 0. The average molecular weight is 706 g/mol.